The molecular formula is C13H24N2OS. The fourth-order valence-electron chi connectivity index (χ4n) is 2.79. The summed E-state index contributed by atoms with van der Waals surface area (Å²) in [6.07, 6.45) is 5.06. The van der Waals surface area contributed by atoms with E-state index in [0.29, 0.717) is 5.91 Å². The van der Waals surface area contributed by atoms with Gasteiger partial charge < -0.3 is 4.90 Å². The van der Waals surface area contributed by atoms with Crippen LogP contribution in [0.5, 0.6) is 0 Å². The lowest BCUT2D eigenvalue weighted by molar-refractivity contribution is -0.130. The largest absolute Gasteiger partial charge is 0.326 e. The van der Waals surface area contributed by atoms with Crippen molar-refractivity contribution >= 4 is 17.7 Å². The van der Waals surface area contributed by atoms with Crippen molar-refractivity contribution in [3.05, 3.63) is 0 Å². The summed E-state index contributed by atoms with van der Waals surface area (Å²) in [6.45, 7) is 5.15. The zero-order valence-corrected chi connectivity index (χ0v) is 11.8. The number of carbonyl (C=O) groups is 1. The SMILES string of the molecule is CCCC1NC(C)C(=O)N1CC1CCSCC1. The van der Waals surface area contributed by atoms with Crippen LogP contribution in [0.1, 0.15) is 39.5 Å². The average molecular weight is 256 g/mol. The molecule has 0 spiro atoms. The number of nitrogens with zero attached hydrogens (tertiary/aromatic N) is 1. The van der Waals surface area contributed by atoms with Crippen LogP contribution >= 0.6 is 11.8 Å². The van der Waals surface area contributed by atoms with Gasteiger partial charge in [-0.25, -0.2) is 0 Å². The van der Waals surface area contributed by atoms with Crippen molar-refractivity contribution in [3.8, 4) is 0 Å². The first-order chi connectivity index (χ1) is 8.22. The van der Waals surface area contributed by atoms with Crippen molar-refractivity contribution in [1.82, 2.24) is 10.2 Å². The zero-order chi connectivity index (χ0) is 12.3. The van der Waals surface area contributed by atoms with E-state index >= 15 is 0 Å². The van der Waals surface area contributed by atoms with Gasteiger partial charge in [0.1, 0.15) is 0 Å². The van der Waals surface area contributed by atoms with E-state index in [1.807, 2.05) is 18.7 Å². The second-order valence-electron chi connectivity index (χ2n) is 5.24. The smallest absolute Gasteiger partial charge is 0.240 e. The molecule has 0 radical (unpaired) electrons. The molecule has 0 aromatic heterocycles. The Labute approximate surface area is 109 Å². The first-order valence-corrected chi connectivity index (χ1v) is 8.02. The molecule has 4 heteroatoms. The Morgan fingerprint density at radius 3 is 2.76 bits per heavy atom. The number of hydrogen-bond acceptors (Lipinski definition) is 3. The van der Waals surface area contributed by atoms with Gasteiger partial charge in [-0.05, 0) is 43.6 Å². The Bertz CT molecular complexity index is 266. The highest BCUT2D eigenvalue weighted by molar-refractivity contribution is 7.99. The molecule has 2 rings (SSSR count). The van der Waals surface area contributed by atoms with Crippen LogP contribution in [0.4, 0.5) is 0 Å². The van der Waals surface area contributed by atoms with E-state index in [-0.39, 0.29) is 12.2 Å². The summed E-state index contributed by atoms with van der Waals surface area (Å²) >= 11 is 2.05. The van der Waals surface area contributed by atoms with Crippen LogP contribution in [0.25, 0.3) is 0 Å². The van der Waals surface area contributed by atoms with Gasteiger partial charge in [0.2, 0.25) is 5.91 Å². The number of thioether (sulfide) groups is 1. The molecule has 2 aliphatic heterocycles. The molecule has 0 bridgehead atoms. The molecule has 2 atom stereocenters. The minimum atomic E-state index is 0.0181. The van der Waals surface area contributed by atoms with Gasteiger partial charge in [0, 0.05) is 6.54 Å². The van der Waals surface area contributed by atoms with E-state index in [4.69, 9.17) is 0 Å². The predicted molar refractivity (Wildman–Crippen MR) is 73.1 cm³/mol. The van der Waals surface area contributed by atoms with Gasteiger partial charge >= 0.3 is 0 Å². The summed E-state index contributed by atoms with van der Waals surface area (Å²) in [5, 5.41) is 3.42. The van der Waals surface area contributed by atoms with Crippen LogP contribution in [-0.4, -0.2) is 41.1 Å². The van der Waals surface area contributed by atoms with Gasteiger partial charge in [-0.1, -0.05) is 13.3 Å². The van der Waals surface area contributed by atoms with E-state index < -0.39 is 0 Å². The third-order valence-electron chi connectivity index (χ3n) is 3.83. The first-order valence-electron chi connectivity index (χ1n) is 6.86. The maximum atomic E-state index is 12.1. The highest BCUT2D eigenvalue weighted by atomic mass is 32.2. The molecule has 2 saturated heterocycles. The molecule has 2 fully saturated rings. The number of amides is 1. The molecule has 0 aromatic carbocycles. The highest BCUT2D eigenvalue weighted by Crippen LogP contribution is 2.26. The number of carbonyl (C=O) groups excluding carboxylic acids is 1. The maximum absolute atomic E-state index is 12.1. The van der Waals surface area contributed by atoms with Gasteiger partial charge in [-0.2, -0.15) is 11.8 Å². The second kappa shape index (κ2) is 6.10. The van der Waals surface area contributed by atoms with Crippen LogP contribution in [0.2, 0.25) is 0 Å². The Morgan fingerprint density at radius 1 is 1.41 bits per heavy atom. The Balaban J connectivity index is 1.93. The van der Waals surface area contributed by atoms with Crippen LogP contribution < -0.4 is 5.32 Å². The zero-order valence-electron chi connectivity index (χ0n) is 10.9. The molecule has 2 unspecified atom stereocenters. The lowest BCUT2D eigenvalue weighted by Gasteiger charge is -2.30. The molecule has 1 N–H and O–H groups in total. The van der Waals surface area contributed by atoms with E-state index in [1.165, 1.54) is 24.3 Å². The van der Waals surface area contributed by atoms with Crippen LogP contribution in [0.15, 0.2) is 0 Å². The second-order valence-corrected chi connectivity index (χ2v) is 6.46. The van der Waals surface area contributed by atoms with E-state index in [2.05, 4.69) is 17.1 Å². The fourth-order valence-corrected chi connectivity index (χ4v) is 3.99. The number of nitrogens with one attached hydrogen (secondary N) is 1. The lowest BCUT2D eigenvalue weighted by atomic mass is 10.0. The van der Waals surface area contributed by atoms with E-state index in [9.17, 15) is 4.79 Å². The molecule has 2 heterocycles. The van der Waals surface area contributed by atoms with Gasteiger partial charge in [-0.3, -0.25) is 10.1 Å². The summed E-state index contributed by atoms with van der Waals surface area (Å²) in [5.41, 5.74) is 0. The van der Waals surface area contributed by atoms with Gasteiger partial charge in [0.05, 0.1) is 12.2 Å². The van der Waals surface area contributed by atoms with Gasteiger partial charge in [0.25, 0.3) is 0 Å². The van der Waals surface area contributed by atoms with Crippen molar-refractivity contribution in [2.45, 2.75) is 51.7 Å². The molecule has 98 valence electrons. The Hall–Kier alpha value is -0.220. The number of hydrogen-bond donors (Lipinski definition) is 1. The van der Waals surface area contributed by atoms with Crippen molar-refractivity contribution in [1.29, 1.82) is 0 Å². The molecule has 17 heavy (non-hydrogen) atoms. The summed E-state index contributed by atoms with van der Waals surface area (Å²) in [6, 6.07) is 0.0181. The summed E-state index contributed by atoms with van der Waals surface area (Å²) in [4.78, 5) is 14.2. The summed E-state index contributed by atoms with van der Waals surface area (Å²) < 4.78 is 0. The minimum Gasteiger partial charge on any atom is -0.326 e. The molecule has 0 saturated carbocycles. The Kier molecular flexibility index (Phi) is 4.74. The standard InChI is InChI=1S/C13H24N2OS/c1-3-4-12-14-10(2)13(16)15(12)9-11-5-7-17-8-6-11/h10-12,14H,3-9H2,1-2H3. The quantitative estimate of drug-likeness (QED) is 0.836. The molecule has 3 nitrogen and oxygen atoms in total. The first kappa shape index (κ1) is 13.2. The highest BCUT2D eigenvalue weighted by Gasteiger charge is 2.36. The van der Waals surface area contributed by atoms with Crippen LogP contribution in [0, 0.1) is 5.92 Å². The molecule has 0 aromatic rings. The van der Waals surface area contributed by atoms with Crippen molar-refractivity contribution < 1.29 is 4.79 Å². The van der Waals surface area contributed by atoms with Crippen LogP contribution in [0.3, 0.4) is 0 Å². The maximum Gasteiger partial charge on any atom is 0.240 e. The summed E-state index contributed by atoms with van der Waals surface area (Å²) in [5.74, 6) is 3.58. The lowest BCUT2D eigenvalue weighted by Crippen LogP contribution is -2.41. The monoisotopic (exact) mass is 256 g/mol. The molecular weight excluding hydrogens is 232 g/mol. The topological polar surface area (TPSA) is 32.3 Å². The predicted octanol–water partition coefficient (Wildman–Crippen LogP) is 2.08. The third-order valence-corrected chi connectivity index (χ3v) is 4.88. The van der Waals surface area contributed by atoms with E-state index in [1.54, 1.807) is 0 Å². The van der Waals surface area contributed by atoms with Crippen molar-refractivity contribution in [3.63, 3.8) is 0 Å². The summed E-state index contributed by atoms with van der Waals surface area (Å²) in [7, 11) is 0. The van der Waals surface area contributed by atoms with Crippen LogP contribution in [-0.2, 0) is 4.79 Å². The van der Waals surface area contributed by atoms with E-state index in [0.717, 1.165) is 25.3 Å². The van der Waals surface area contributed by atoms with Gasteiger partial charge in [-0.15, -0.1) is 0 Å². The van der Waals surface area contributed by atoms with Crippen molar-refractivity contribution in [2.24, 2.45) is 5.92 Å². The Morgan fingerprint density at radius 2 is 2.12 bits per heavy atom. The molecule has 0 aliphatic carbocycles. The number of rotatable bonds is 4. The minimum absolute atomic E-state index is 0.0181. The average Bonchev–Trinajstić information content (AvgIpc) is 2.59. The third kappa shape index (κ3) is 3.16. The van der Waals surface area contributed by atoms with Gasteiger partial charge in [0.15, 0.2) is 0 Å². The normalized spacial score (nSPS) is 31.2. The molecule has 1 amide bonds. The molecule has 2 aliphatic rings. The fraction of sp³-hybridized carbons (Fsp3) is 0.923. The van der Waals surface area contributed by atoms with Crippen molar-refractivity contribution in [2.75, 3.05) is 18.1 Å².